The largest absolute Gasteiger partial charge is 0.464 e. The van der Waals surface area contributed by atoms with E-state index in [2.05, 4.69) is 4.98 Å². The average Bonchev–Trinajstić information content (AvgIpc) is 3.09. The normalized spacial score (nSPS) is 11.6. The van der Waals surface area contributed by atoms with E-state index in [1.54, 1.807) is 18.4 Å². The standard InChI is InChI=1S/C15H15FN2O2S/c1-9(2)13-17-14-12(15(19)18(13)6-5-16)10(8-21-14)11-4-3-7-20-11/h3-4,7-9H,5-6H2,1-2H3. The van der Waals surface area contributed by atoms with Gasteiger partial charge in [-0.3, -0.25) is 9.36 Å². The smallest absolute Gasteiger partial charge is 0.263 e. The minimum atomic E-state index is -0.590. The van der Waals surface area contributed by atoms with Crippen molar-refractivity contribution in [2.45, 2.75) is 26.3 Å². The molecule has 3 rings (SSSR count). The number of hydrogen-bond acceptors (Lipinski definition) is 4. The summed E-state index contributed by atoms with van der Waals surface area (Å²) in [6, 6.07) is 3.58. The molecule has 0 aliphatic heterocycles. The quantitative estimate of drug-likeness (QED) is 0.736. The topological polar surface area (TPSA) is 48.0 Å². The molecule has 3 aromatic rings. The van der Waals surface area contributed by atoms with E-state index >= 15 is 0 Å². The van der Waals surface area contributed by atoms with E-state index < -0.39 is 6.67 Å². The first-order chi connectivity index (χ1) is 10.1. The van der Waals surface area contributed by atoms with Gasteiger partial charge in [-0.15, -0.1) is 11.3 Å². The van der Waals surface area contributed by atoms with Crippen LogP contribution in [-0.2, 0) is 6.54 Å². The van der Waals surface area contributed by atoms with Crippen LogP contribution >= 0.6 is 11.3 Å². The summed E-state index contributed by atoms with van der Waals surface area (Å²) in [5.41, 5.74) is 0.523. The van der Waals surface area contributed by atoms with E-state index in [0.717, 1.165) is 5.56 Å². The number of nitrogens with zero attached hydrogens (tertiary/aromatic N) is 2. The molecule has 3 heterocycles. The molecule has 0 aliphatic carbocycles. The van der Waals surface area contributed by atoms with Gasteiger partial charge in [0.05, 0.1) is 18.2 Å². The van der Waals surface area contributed by atoms with E-state index in [0.29, 0.717) is 21.8 Å². The van der Waals surface area contributed by atoms with Crippen molar-refractivity contribution in [2.75, 3.05) is 6.67 Å². The SMILES string of the molecule is CC(C)c1nc2scc(-c3ccco3)c2c(=O)n1CCF. The molecule has 0 bridgehead atoms. The molecule has 0 atom stereocenters. The molecule has 0 saturated carbocycles. The average molecular weight is 306 g/mol. The summed E-state index contributed by atoms with van der Waals surface area (Å²) in [6.45, 7) is 3.34. The van der Waals surface area contributed by atoms with Crippen molar-refractivity contribution >= 4 is 21.6 Å². The number of halogens is 1. The minimum Gasteiger partial charge on any atom is -0.464 e. The lowest BCUT2D eigenvalue weighted by molar-refractivity contribution is 0.428. The number of thiophene rings is 1. The Morgan fingerprint density at radius 1 is 1.48 bits per heavy atom. The lowest BCUT2D eigenvalue weighted by Crippen LogP contribution is -2.26. The Morgan fingerprint density at radius 2 is 2.29 bits per heavy atom. The Balaban J connectivity index is 2.33. The second-order valence-electron chi connectivity index (χ2n) is 5.08. The highest BCUT2D eigenvalue weighted by Crippen LogP contribution is 2.31. The Labute approximate surface area is 124 Å². The number of rotatable bonds is 4. The molecule has 21 heavy (non-hydrogen) atoms. The van der Waals surface area contributed by atoms with E-state index in [-0.39, 0.29) is 18.0 Å². The summed E-state index contributed by atoms with van der Waals surface area (Å²) in [7, 11) is 0. The van der Waals surface area contributed by atoms with E-state index in [1.165, 1.54) is 15.9 Å². The van der Waals surface area contributed by atoms with Crippen molar-refractivity contribution in [3.8, 4) is 11.3 Å². The Morgan fingerprint density at radius 3 is 2.90 bits per heavy atom. The van der Waals surface area contributed by atoms with Crippen molar-refractivity contribution in [3.63, 3.8) is 0 Å². The third-order valence-corrected chi connectivity index (χ3v) is 4.21. The maximum atomic E-state index is 12.8. The Kier molecular flexibility index (Phi) is 3.63. The summed E-state index contributed by atoms with van der Waals surface area (Å²) >= 11 is 1.41. The van der Waals surface area contributed by atoms with Gasteiger partial charge in [0.25, 0.3) is 5.56 Å². The van der Waals surface area contributed by atoms with Gasteiger partial charge in [-0.05, 0) is 12.1 Å². The number of alkyl halides is 1. The fourth-order valence-corrected chi connectivity index (χ4v) is 3.32. The first-order valence-corrected chi connectivity index (χ1v) is 7.63. The molecule has 3 aromatic heterocycles. The molecule has 110 valence electrons. The maximum Gasteiger partial charge on any atom is 0.263 e. The second-order valence-corrected chi connectivity index (χ2v) is 5.94. The molecule has 0 aromatic carbocycles. The predicted molar refractivity (Wildman–Crippen MR) is 81.6 cm³/mol. The van der Waals surface area contributed by atoms with Gasteiger partial charge in [0.2, 0.25) is 0 Å². The molecule has 0 saturated heterocycles. The van der Waals surface area contributed by atoms with Crippen LogP contribution in [0.3, 0.4) is 0 Å². The molecule has 4 nitrogen and oxygen atoms in total. The van der Waals surface area contributed by atoms with Crippen LogP contribution in [0.1, 0.15) is 25.6 Å². The fourth-order valence-electron chi connectivity index (χ4n) is 2.39. The van der Waals surface area contributed by atoms with Crippen molar-refractivity contribution in [1.29, 1.82) is 0 Å². The summed E-state index contributed by atoms with van der Waals surface area (Å²) < 4.78 is 19.6. The van der Waals surface area contributed by atoms with E-state index in [9.17, 15) is 9.18 Å². The number of aromatic nitrogens is 2. The van der Waals surface area contributed by atoms with E-state index in [4.69, 9.17) is 4.42 Å². The molecular formula is C15H15FN2O2S. The third-order valence-electron chi connectivity index (χ3n) is 3.33. The number of furan rings is 1. The maximum absolute atomic E-state index is 12.8. The van der Waals surface area contributed by atoms with Crippen molar-refractivity contribution in [2.24, 2.45) is 0 Å². The minimum absolute atomic E-state index is 0.0305. The first kappa shape index (κ1) is 14.0. The molecule has 0 unspecified atom stereocenters. The summed E-state index contributed by atoms with van der Waals surface area (Å²) in [5, 5.41) is 2.37. The monoisotopic (exact) mass is 306 g/mol. The van der Waals surface area contributed by atoms with Gasteiger partial charge < -0.3 is 4.42 Å². The van der Waals surface area contributed by atoms with Gasteiger partial charge >= 0.3 is 0 Å². The highest BCUT2D eigenvalue weighted by atomic mass is 32.1. The highest BCUT2D eigenvalue weighted by Gasteiger charge is 2.19. The van der Waals surface area contributed by atoms with Crippen LogP contribution in [0, 0.1) is 0 Å². The predicted octanol–water partition coefficient (Wildman–Crippen LogP) is 3.81. The van der Waals surface area contributed by atoms with Gasteiger partial charge in [0.1, 0.15) is 23.1 Å². The van der Waals surface area contributed by atoms with Crippen LogP contribution in [0.25, 0.3) is 21.5 Å². The van der Waals surface area contributed by atoms with Crippen LogP contribution in [-0.4, -0.2) is 16.2 Å². The summed E-state index contributed by atoms with van der Waals surface area (Å²) in [5.74, 6) is 1.31. The second kappa shape index (κ2) is 5.44. The van der Waals surface area contributed by atoms with Gasteiger partial charge in [-0.25, -0.2) is 9.37 Å². The molecule has 0 spiro atoms. The molecule has 0 aliphatic rings. The molecule has 6 heteroatoms. The number of fused-ring (bicyclic) bond motifs is 1. The van der Waals surface area contributed by atoms with Crippen LogP contribution in [0.5, 0.6) is 0 Å². The van der Waals surface area contributed by atoms with Crippen LogP contribution in [0.2, 0.25) is 0 Å². The van der Waals surface area contributed by atoms with Crippen molar-refractivity contribution in [1.82, 2.24) is 9.55 Å². The molecular weight excluding hydrogens is 291 g/mol. The third kappa shape index (κ3) is 2.29. The molecule has 0 fully saturated rings. The number of hydrogen-bond donors (Lipinski definition) is 0. The summed E-state index contributed by atoms with van der Waals surface area (Å²) in [6.07, 6.45) is 1.56. The van der Waals surface area contributed by atoms with Crippen molar-refractivity contribution in [3.05, 3.63) is 40.0 Å². The summed E-state index contributed by atoms with van der Waals surface area (Å²) in [4.78, 5) is 18.0. The van der Waals surface area contributed by atoms with Gasteiger partial charge in [0.15, 0.2) is 0 Å². The van der Waals surface area contributed by atoms with Crippen LogP contribution < -0.4 is 5.56 Å². The Bertz CT molecular complexity index is 818. The van der Waals surface area contributed by atoms with Gasteiger partial charge in [0, 0.05) is 16.9 Å². The lowest BCUT2D eigenvalue weighted by atomic mass is 10.1. The van der Waals surface area contributed by atoms with Gasteiger partial charge in [-0.2, -0.15) is 0 Å². The van der Waals surface area contributed by atoms with Crippen LogP contribution in [0.4, 0.5) is 4.39 Å². The lowest BCUT2D eigenvalue weighted by Gasteiger charge is -2.13. The van der Waals surface area contributed by atoms with Gasteiger partial charge in [-0.1, -0.05) is 13.8 Å². The molecule has 0 N–H and O–H groups in total. The molecule has 0 amide bonds. The first-order valence-electron chi connectivity index (χ1n) is 6.75. The van der Waals surface area contributed by atoms with Crippen molar-refractivity contribution < 1.29 is 8.81 Å². The van der Waals surface area contributed by atoms with Crippen LogP contribution in [0.15, 0.2) is 33.0 Å². The zero-order valence-electron chi connectivity index (χ0n) is 11.8. The highest BCUT2D eigenvalue weighted by molar-refractivity contribution is 7.17. The molecule has 0 radical (unpaired) electrons. The fraction of sp³-hybridized carbons (Fsp3) is 0.333. The Hall–Kier alpha value is -1.95. The zero-order chi connectivity index (χ0) is 15.0. The zero-order valence-corrected chi connectivity index (χ0v) is 12.6. The van der Waals surface area contributed by atoms with E-state index in [1.807, 2.05) is 19.2 Å².